The summed E-state index contributed by atoms with van der Waals surface area (Å²) in [6.45, 7) is 5.98. The smallest absolute Gasteiger partial charge is 0.264 e. The van der Waals surface area contributed by atoms with E-state index < -0.39 is 15.9 Å². The fourth-order valence-electron chi connectivity index (χ4n) is 3.47. The van der Waals surface area contributed by atoms with Gasteiger partial charge in [0.1, 0.15) is 12.3 Å². The number of anilines is 1. The van der Waals surface area contributed by atoms with Crippen LogP contribution in [-0.4, -0.2) is 27.5 Å². The molecule has 0 spiro atoms. The van der Waals surface area contributed by atoms with Gasteiger partial charge in [-0.25, -0.2) is 8.42 Å². The van der Waals surface area contributed by atoms with Crippen LogP contribution in [0.2, 0.25) is 0 Å². The van der Waals surface area contributed by atoms with E-state index in [1.807, 2.05) is 38.1 Å². The van der Waals surface area contributed by atoms with E-state index in [1.54, 1.807) is 36.4 Å². The average Bonchev–Trinajstić information content (AvgIpc) is 2.83. The van der Waals surface area contributed by atoms with Gasteiger partial charge < -0.3 is 10.1 Å². The van der Waals surface area contributed by atoms with Crippen LogP contribution in [0.15, 0.2) is 82.2 Å². The largest absolute Gasteiger partial charge is 0.494 e. The number of sulfonamides is 1. The minimum atomic E-state index is -3.99. The van der Waals surface area contributed by atoms with Gasteiger partial charge in [0.2, 0.25) is 5.91 Å². The van der Waals surface area contributed by atoms with Crippen LogP contribution in [0.1, 0.15) is 37.9 Å². The molecule has 0 aliphatic rings. The summed E-state index contributed by atoms with van der Waals surface area (Å²) in [6, 6.07) is 20.8. The number of ether oxygens (including phenoxy) is 1. The number of benzene rings is 3. The Morgan fingerprint density at radius 1 is 0.971 bits per heavy atom. The normalized spacial score (nSPS) is 12.1. The van der Waals surface area contributed by atoms with Crippen LogP contribution in [0.4, 0.5) is 5.69 Å². The molecule has 8 heteroatoms. The van der Waals surface area contributed by atoms with Crippen LogP contribution < -0.4 is 14.4 Å². The van der Waals surface area contributed by atoms with Crippen molar-refractivity contribution in [3.63, 3.8) is 0 Å². The van der Waals surface area contributed by atoms with Crippen LogP contribution in [0.3, 0.4) is 0 Å². The monoisotopic (exact) mass is 544 g/mol. The summed E-state index contributed by atoms with van der Waals surface area (Å²) < 4.78 is 34.4. The molecule has 0 aliphatic heterocycles. The van der Waals surface area contributed by atoms with Gasteiger partial charge in [-0.2, -0.15) is 0 Å². The van der Waals surface area contributed by atoms with E-state index in [1.165, 1.54) is 17.7 Å². The molecule has 0 saturated carbocycles. The van der Waals surface area contributed by atoms with Gasteiger partial charge >= 0.3 is 0 Å². The Hall–Kier alpha value is -2.84. The summed E-state index contributed by atoms with van der Waals surface area (Å²) in [5.41, 5.74) is 2.54. The van der Waals surface area contributed by atoms with Crippen molar-refractivity contribution in [1.82, 2.24) is 5.32 Å². The summed E-state index contributed by atoms with van der Waals surface area (Å²) >= 11 is 3.33. The maximum atomic E-state index is 13.5. The summed E-state index contributed by atoms with van der Waals surface area (Å²) in [7, 11) is -3.99. The second-order valence-corrected chi connectivity index (χ2v) is 10.6. The number of aryl methyl sites for hydroxylation is 1. The molecule has 1 atom stereocenters. The van der Waals surface area contributed by atoms with Crippen molar-refractivity contribution in [3.8, 4) is 5.75 Å². The number of carbonyl (C=O) groups is 1. The molecular weight excluding hydrogens is 516 g/mol. The molecule has 0 radical (unpaired) electrons. The third-order valence-corrected chi connectivity index (χ3v) is 7.71. The Labute approximate surface area is 210 Å². The predicted octanol–water partition coefficient (Wildman–Crippen LogP) is 5.48. The Kier molecular flexibility index (Phi) is 8.74. The van der Waals surface area contributed by atoms with Gasteiger partial charge in [-0.05, 0) is 79.9 Å². The van der Waals surface area contributed by atoms with E-state index in [0.29, 0.717) is 18.0 Å². The lowest BCUT2D eigenvalue weighted by Gasteiger charge is -2.25. The van der Waals surface area contributed by atoms with Gasteiger partial charge in [0.25, 0.3) is 10.0 Å². The van der Waals surface area contributed by atoms with Crippen molar-refractivity contribution < 1.29 is 17.9 Å². The van der Waals surface area contributed by atoms with Crippen LogP contribution in [0.5, 0.6) is 5.75 Å². The Balaban J connectivity index is 1.86. The molecule has 180 valence electrons. The van der Waals surface area contributed by atoms with Crippen molar-refractivity contribution in [2.75, 3.05) is 17.5 Å². The highest BCUT2D eigenvalue weighted by molar-refractivity contribution is 9.10. The maximum absolute atomic E-state index is 13.5. The maximum Gasteiger partial charge on any atom is 0.264 e. The number of nitrogens with one attached hydrogen (secondary N) is 1. The lowest BCUT2D eigenvalue weighted by molar-refractivity contribution is -0.120. The fourth-order valence-corrected chi connectivity index (χ4v) is 5.15. The predicted molar refractivity (Wildman–Crippen MR) is 139 cm³/mol. The average molecular weight is 545 g/mol. The molecular formula is C26H29BrN2O4S. The molecule has 0 aromatic heterocycles. The van der Waals surface area contributed by atoms with Gasteiger partial charge in [0.15, 0.2) is 0 Å². The first kappa shape index (κ1) is 25.8. The zero-order valence-corrected chi connectivity index (χ0v) is 21.9. The second kappa shape index (κ2) is 11.5. The number of rotatable bonds is 10. The minimum Gasteiger partial charge on any atom is -0.494 e. The van der Waals surface area contributed by atoms with Crippen LogP contribution in [0, 0.1) is 0 Å². The fraction of sp³-hybridized carbons (Fsp3) is 0.269. The quantitative estimate of drug-likeness (QED) is 0.366. The van der Waals surface area contributed by atoms with Gasteiger partial charge in [0.05, 0.1) is 23.2 Å². The molecule has 6 nitrogen and oxygen atoms in total. The van der Waals surface area contributed by atoms with E-state index in [-0.39, 0.29) is 17.5 Å². The zero-order chi connectivity index (χ0) is 24.7. The summed E-state index contributed by atoms with van der Waals surface area (Å²) in [6.07, 6.45) is 0.936. The number of amides is 1. The van der Waals surface area contributed by atoms with Crippen molar-refractivity contribution in [2.24, 2.45) is 0 Å². The van der Waals surface area contributed by atoms with Crippen molar-refractivity contribution >= 4 is 37.5 Å². The van der Waals surface area contributed by atoms with Crippen LogP contribution >= 0.6 is 15.9 Å². The zero-order valence-electron chi connectivity index (χ0n) is 19.5. The number of carbonyl (C=O) groups excluding carboxylic acids is 1. The standard InChI is InChI=1S/C26H29BrN2O4S/c1-4-20-6-8-21(9-7-20)19(3)28-26(30)18-29(23-12-14-24(15-13-23)33-5-2)34(31,32)25-16-10-22(27)11-17-25/h6-17,19H,4-5,18H2,1-3H3,(H,28,30)/t19-/m0/s1. The number of hydrogen-bond acceptors (Lipinski definition) is 4. The number of halogens is 1. The first-order valence-electron chi connectivity index (χ1n) is 11.1. The summed E-state index contributed by atoms with van der Waals surface area (Å²) in [5.74, 6) is 0.225. The third-order valence-electron chi connectivity index (χ3n) is 5.39. The minimum absolute atomic E-state index is 0.0978. The van der Waals surface area contributed by atoms with E-state index in [2.05, 4.69) is 28.2 Å². The Bertz CT molecular complexity index is 1200. The number of hydrogen-bond donors (Lipinski definition) is 1. The molecule has 3 aromatic carbocycles. The summed E-state index contributed by atoms with van der Waals surface area (Å²) in [5, 5.41) is 2.92. The van der Waals surface area contributed by atoms with Gasteiger partial charge in [0, 0.05) is 4.47 Å². The highest BCUT2D eigenvalue weighted by Gasteiger charge is 2.28. The van der Waals surface area contributed by atoms with Crippen molar-refractivity contribution in [2.45, 2.75) is 38.1 Å². The lowest BCUT2D eigenvalue weighted by atomic mass is 10.1. The highest BCUT2D eigenvalue weighted by atomic mass is 79.9. The topological polar surface area (TPSA) is 75.7 Å². The SMILES string of the molecule is CCOc1ccc(N(CC(=O)N[C@@H](C)c2ccc(CC)cc2)S(=O)(=O)c2ccc(Br)cc2)cc1. The molecule has 34 heavy (non-hydrogen) atoms. The molecule has 3 rings (SSSR count). The van der Waals surface area contributed by atoms with Gasteiger partial charge in [-0.15, -0.1) is 0 Å². The Morgan fingerprint density at radius 3 is 2.15 bits per heavy atom. The van der Waals surface area contributed by atoms with Crippen LogP contribution in [0.25, 0.3) is 0 Å². The lowest BCUT2D eigenvalue weighted by Crippen LogP contribution is -2.41. The summed E-state index contributed by atoms with van der Waals surface area (Å²) in [4.78, 5) is 13.1. The van der Waals surface area contributed by atoms with E-state index >= 15 is 0 Å². The molecule has 0 fully saturated rings. The van der Waals surface area contributed by atoms with Crippen molar-refractivity contribution in [3.05, 3.63) is 88.4 Å². The molecule has 1 N–H and O–H groups in total. The molecule has 3 aromatic rings. The van der Waals surface area contributed by atoms with E-state index in [0.717, 1.165) is 20.8 Å². The highest BCUT2D eigenvalue weighted by Crippen LogP contribution is 2.27. The Morgan fingerprint density at radius 2 is 1.59 bits per heavy atom. The van der Waals surface area contributed by atoms with Crippen LogP contribution in [-0.2, 0) is 21.2 Å². The third kappa shape index (κ3) is 6.39. The number of nitrogens with zero attached hydrogens (tertiary/aromatic N) is 1. The first-order chi connectivity index (χ1) is 16.2. The molecule has 0 saturated heterocycles. The first-order valence-corrected chi connectivity index (χ1v) is 13.4. The van der Waals surface area contributed by atoms with Gasteiger partial charge in [-0.1, -0.05) is 47.1 Å². The molecule has 0 unspecified atom stereocenters. The van der Waals surface area contributed by atoms with E-state index in [9.17, 15) is 13.2 Å². The van der Waals surface area contributed by atoms with Crippen molar-refractivity contribution in [1.29, 1.82) is 0 Å². The molecule has 0 aliphatic carbocycles. The molecule has 1 amide bonds. The second-order valence-electron chi connectivity index (χ2n) is 7.78. The molecule has 0 bridgehead atoms. The van der Waals surface area contributed by atoms with Gasteiger partial charge in [-0.3, -0.25) is 9.10 Å². The molecule has 0 heterocycles. The van der Waals surface area contributed by atoms with E-state index in [4.69, 9.17) is 4.74 Å².